The number of ether oxygens (including phenoxy) is 3. The number of nitrogens with zero attached hydrogens (tertiary/aromatic N) is 1. The van der Waals surface area contributed by atoms with Gasteiger partial charge in [0.05, 0.1) is 23.3 Å². The molecule has 0 bridgehead atoms. The van der Waals surface area contributed by atoms with E-state index in [0.29, 0.717) is 41.2 Å². The highest BCUT2D eigenvalue weighted by molar-refractivity contribution is 6.20. The molecule has 1 saturated heterocycles. The standard InChI is InChI=1S/C25H23FN2O4/c1-24(2)18-9-14(30-11-15-12-31-25(3,4)32-15)6-8-16(18)22(29)19-17-7-5-13(10-27)20(26)21(17)28-23(19)24/h5-9,15,28H,11-12H2,1-4H3/t15-/m0/s1. The van der Waals surface area contributed by atoms with Gasteiger partial charge in [0.25, 0.3) is 0 Å². The first-order valence-corrected chi connectivity index (χ1v) is 10.5. The van der Waals surface area contributed by atoms with Crippen molar-refractivity contribution >= 4 is 16.7 Å². The van der Waals surface area contributed by atoms with Crippen LogP contribution in [-0.2, 0) is 14.9 Å². The van der Waals surface area contributed by atoms with E-state index in [1.807, 2.05) is 39.8 Å². The molecule has 32 heavy (non-hydrogen) atoms. The highest BCUT2D eigenvalue weighted by Gasteiger charge is 2.40. The van der Waals surface area contributed by atoms with E-state index in [1.54, 1.807) is 18.2 Å². The lowest BCUT2D eigenvalue weighted by atomic mass is 9.71. The average molecular weight is 434 g/mol. The van der Waals surface area contributed by atoms with Gasteiger partial charge in [-0.3, -0.25) is 4.79 Å². The number of benzene rings is 2. The summed E-state index contributed by atoms with van der Waals surface area (Å²) in [6.07, 6.45) is -0.173. The van der Waals surface area contributed by atoms with Crippen LogP contribution in [0.1, 0.15) is 60.4 Å². The number of hydrogen-bond donors (Lipinski definition) is 1. The fourth-order valence-corrected chi connectivity index (χ4v) is 4.65. The molecule has 0 unspecified atom stereocenters. The van der Waals surface area contributed by atoms with Crippen molar-refractivity contribution in [3.05, 3.63) is 64.1 Å². The second kappa shape index (κ2) is 6.89. The fourth-order valence-electron chi connectivity index (χ4n) is 4.65. The molecule has 5 rings (SSSR count). The van der Waals surface area contributed by atoms with Gasteiger partial charge >= 0.3 is 0 Å². The Morgan fingerprint density at radius 1 is 1.25 bits per heavy atom. The van der Waals surface area contributed by atoms with Crippen LogP contribution < -0.4 is 4.74 Å². The van der Waals surface area contributed by atoms with Crippen LogP contribution in [0.2, 0.25) is 0 Å². The number of H-pyrrole nitrogens is 1. The average Bonchev–Trinajstić information content (AvgIpc) is 3.32. The number of carbonyl (C=O) groups is 1. The van der Waals surface area contributed by atoms with Crippen LogP contribution in [0.4, 0.5) is 4.39 Å². The van der Waals surface area contributed by atoms with Gasteiger partial charge < -0.3 is 19.2 Å². The minimum absolute atomic E-state index is 0.0594. The molecule has 1 aliphatic carbocycles. The number of ketones is 1. The second-order valence-electron chi connectivity index (χ2n) is 9.26. The summed E-state index contributed by atoms with van der Waals surface area (Å²) in [7, 11) is 0. The van der Waals surface area contributed by atoms with E-state index in [2.05, 4.69) is 4.98 Å². The van der Waals surface area contributed by atoms with Gasteiger partial charge in [0, 0.05) is 22.1 Å². The van der Waals surface area contributed by atoms with E-state index in [1.165, 1.54) is 6.07 Å². The van der Waals surface area contributed by atoms with Crippen LogP contribution in [0.3, 0.4) is 0 Å². The molecule has 2 aliphatic rings. The maximum atomic E-state index is 14.8. The number of rotatable bonds is 3. The molecule has 2 heterocycles. The molecule has 164 valence electrons. The zero-order chi connectivity index (χ0) is 22.8. The summed E-state index contributed by atoms with van der Waals surface area (Å²) in [5.74, 6) is -0.816. The summed E-state index contributed by atoms with van der Waals surface area (Å²) < 4.78 is 32.1. The highest BCUT2D eigenvalue weighted by Crippen LogP contribution is 2.45. The Labute approximate surface area is 184 Å². The predicted octanol–water partition coefficient (Wildman–Crippen LogP) is 4.58. The van der Waals surface area contributed by atoms with Crippen LogP contribution in [0.25, 0.3) is 10.9 Å². The van der Waals surface area contributed by atoms with Crippen LogP contribution in [0, 0.1) is 17.1 Å². The van der Waals surface area contributed by atoms with E-state index in [0.717, 1.165) is 5.56 Å². The zero-order valence-corrected chi connectivity index (χ0v) is 18.3. The fraction of sp³-hybridized carbons (Fsp3) is 0.360. The summed E-state index contributed by atoms with van der Waals surface area (Å²) >= 11 is 0. The topological polar surface area (TPSA) is 84.3 Å². The molecular weight excluding hydrogens is 411 g/mol. The first kappa shape index (κ1) is 20.7. The SMILES string of the molecule is CC1(C)OC[C@H](COc2ccc3c(c2)C(C)(C)c2[nH]c4c(F)c(C#N)ccc4c2C3=O)O1. The second-order valence-corrected chi connectivity index (χ2v) is 9.26. The molecule has 1 fully saturated rings. The van der Waals surface area contributed by atoms with Crippen molar-refractivity contribution in [1.29, 1.82) is 5.26 Å². The lowest BCUT2D eigenvalue weighted by Crippen LogP contribution is -2.30. The summed E-state index contributed by atoms with van der Waals surface area (Å²) in [5, 5.41) is 9.65. The number of aromatic amines is 1. The van der Waals surface area contributed by atoms with Gasteiger partial charge in [-0.15, -0.1) is 0 Å². The normalized spacial score (nSPS) is 20.6. The van der Waals surface area contributed by atoms with E-state index >= 15 is 0 Å². The van der Waals surface area contributed by atoms with Gasteiger partial charge in [-0.2, -0.15) is 5.26 Å². The molecule has 1 N–H and O–H groups in total. The Bertz CT molecular complexity index is 1320. The first-order chi connectivity index (χ1) is 15.1. The molecule has 1 atom stereocenters. The minimum atomic E-state index is -0.641. The molecule has 1 aliphatic heterocycles. The number of aromatic nitrogens is 1. The third-order valence-corrected chi connectivity index (χ3v) is 6.30. The summed E-state index contributed by atoms with van der Waals surface area (Å²) in [4.78, 5) is 16.5. The number of hydrogen-bond acceptors (Lipinski definition) is 5. The zero-order valence-electron chi connectivity index (χ0n) is 18.3. The van der Waals surface area contributed by atoms with Gasteiger partial charge in [-0.1, -0.05) is 19.9 Å². The third kappa shape index (κ3) is 3.02. The smallest absolute Gasteiger partial charge is 0.195 e. The molecular formula is C25H23FN2O4. The minimum Gasteiger partial charge on any atom is -0.491 e. The quantitative estimate of drug-likeness (QED) is 0.652. The van der Waals surface area contributed by atoms with Gasteiger partial charge in [0.2, 0.25) is 0 Å². The molecule has 0 spiro atoms. The maximum Gasteiger partial charge on any atom is 0.195 e. The van der Waals surface area contributed by atoms with Gasteiger partial charge in [0.15, 0.2) is 17.4 Å². The van der Waals surface area contributed by atoms with Gasteiger partial charge in [-0.25, -0.2) is 4.39 Å². The van der Waals surface area contributed by atoms with E-state index in [9.17, 15) is 9.18 Å². The first-order valence-electron chi connectivity index (χ1n) is 10.5. The van der Waals surface area contributed by atoms with E-state index < -0.39 is 17.0 Å². The number of halogens is 1. The third-order valence-electron chi connectivity index (χ3n) is 6.30. The molecule has 0 amide bonds. The monoisotopic (exact) mass is 434 g/mol. The summed E-state index contributed by atoms with van der Waals surface area (Å²) in [6, 6.07) is 10.3. The van der Waals surface area contributed by atoms with Crippen LogP contribution in [-0.4, -0.2) is 35.9 Å². The molecule has 7 heteroatoms. The lowest BCUT2D eigenvalue weighted by Gasteiger charge is -2.32. The molecule has 0 radical (unpaired) electrons. The summed E-state index contributed by atoms with van der Waals surface area (Å²) in [6.45, 7) is 8.47. The number of nitriles is 1. The van der Waals surface area contributed by atoms with Crippen molar-refractivity contribution in [2.45, 2.75) is 45.0 Å². The van der Waals surface area contributed by atoms with Crippen molar-refractivity contribution in [2.24, 2.45) is 0 Å². The van der Waals surface area contributed by atoms with Crippen molar-refractivity contribution in [3.8, 4) is 11.8 Å². The Morgan fingerprint density at radius 2 is 2.03 bits per heavy atom. The molecule has 1 aromatic heterocycles. The van der Waals surface area contributed by atoms with Crippen LogP contribution in [0.5, 0.6) is 5.75 Å². The van der Waals surface area contributed by atoms with Crippen molar-refractivity contribution in [3.63, 3.8) is 0 Å². The van der Waals surface area contributed by atoms with E-state index in [-0.39, 0.29) is 23.0 Å². The molecule has 0 saturated carbocycles. The molecule has 3 aromatic rings. The van der Waals surface area contributed by atoms with E-state index in [4.69, 9.17) is 19.5 Å². The Hall–Kier alpha value is -3.21. The highest BCUT2D eigenvalue weighted by atomic mass is 19.1. The molecule has 2 aromatic carbocycles. The largest absolute Gasteiger partial charge is 0.491 e. The number of nitrogens with one attached hydrogen (secondary N) is 1. The predicted molar refractivity (Wildman–Crippen MR) is 115 cm³/mol. The summed E-state index contributed by atoms with van der Waals surface area (Å²) in [5.41, 5.74) is 1.95. The van der Waals surface area contributed by atoms with Crippen molar-refractivity contribution in [2.75, 3.05) is 13.2 Å². The van der Waals surface area contributed by atoms with Crippen LogP contribution in [0.15, 0.2) is 30.3 Å². The van der Waals surface area contributed by atoms with Gasteiger partial charge in [-0.05, 0) is 43.7 Å². The Kier molecular flexibility index (Phi) is 4.45. The number of carbonyl (C=O) groups excluding carboxylic acids is 1. The number of fused-ring (bicyclic) bond motifs is 4. The Morgan fingerprint density at radius 3 is 2.72 bits per heavy atom. The van der Waals surface area contributed by atoms with Crippen molar-refractivity contribution in [1.82, 2.24) is 4.98 Å². The van der Waals surface area contributed by atoms with Crippen LogP contribution >= 0.6 is 0 Å². The maximum absolute atomic E-state index is 14.8. The van der Waals surface area contributed by atoms with Gasteiger partial charge in [0.1, 0.15) is 24.5 Å². The molecule has 6 nitrogen and oxygen atoms in total. The Balaban J connectivity index is 1.53. The van der Waals surface area contributed by atoms with Crippen molar-refractivity contribution < 1.29 is 23.4 Å². The lowest BCUT2D eigenvalue weighted by molar-refractivity contribution is -0.141.